The molecule has 3 N–H and O–H groups in total. The highest BCUT2D eigenvalue weighted by Crippen LogP contribution is 2.23. The third kappa shape index (κ3) is 5.40. The molecule has 0 spiro atoms. The van der Waals surface area contributed by atoms with Crippen molar-refractivity contribution in [2.75, 3.05) is 0 Å². The Bertz CT molecular complexity index is 323. The average Bonchev–Trinajstić information content (AvgIpc) is 2.40. The molecule has 0 radical (unpaired) electrons. The van der Waals surface area contributed by atoms with Gasteiger partial charge in [-0.05, 0) is 19.8 Å². The third-order valence-corrected chi connectivity index (χ3v) is 2.81. The largest absolute Gasteiger partial charge is 0.294 e. The van der Waals surface area contributed by atoms with E-state index in [9.17, 15) is 4.79 Å². The molecule has 0 atom stereocenters. The molecule has 5 nitrogen and oxygen atoms in total. The molecule has 0 saturated heterocycles. The molecule has 1 saturated carbocycles. The first-order valence-electron chi connectivity index (χ1n) is 5.97. The van der Waals surface area contributed by atoms with Crippen molar-refractivity contribution in [1.82, 2.24) is 15.4 Å². The van der Waals surface area contributed by atoms with Crippen LogP contribution in [0.4, 0.5) is 0 Å². The van der Waals surface area contributed by atoms with Crippen molar-refractivity contribution in [2.24, 2.45) is 11.8 Å². The molecule has 0 unspecified atom stereocenters. The second-order valence-corrected chi connectivity index (χ2v) is 4.19. The number of hydrazine groups is 1. The van der Waals surface area contributed by atoms with E-state index >= 15 is 0 Å². The zero-order valence-electron chi connectivity index (χ0n) is 10.2. The van der Waals surface area contributed by atoms with Crippen molar-refractivity contribution in [2.45, 2.75) is 39.0 Å². The summed E-state index contributed by atoms with van der Waals surface area (Å²) in [5.74, 6) is 5.21. The minimum atomic E-state index is 0.0136. The van der Waals surface area contributed by atoms with Gasteiger partial charge in [0.2, 0.25) is 5.91 Å². The fourth-order valence-electron chi connectivity index (χ4n) is 1.86. The molecule has 1 aliphatic carbocycles. The molecule has 1 aromatic rings. The first-order valence-corrected chi connectivity index (χ1v) is 5.97. The molecule has 0 bridgehead atoms. The van der Waals surface area contributed by atoms with E-state index in [-0.39, 0.29) is 11.8 Å². The van der Waals surface area contributed by atoms with Crippen LogP contribution in [0.1, 0.15) is 37.8 Å². The Morgan fingerprint density at radius 2 is 2.06 bits per heavy atom. The summed E-state index contributed by atoms with van der Waals surface area (Å²) in [6.45, 7) is 1.91. The van der Waals surface area contributed by atoms with Crippen LogP contribution in [0, 0.1) is 12.8 Å². The van der Waals surface area contributed by atoms with Gasteiger partial charge in [0.15, 0.2) is 0 Å². The van der Waals surface area contributed by atoms with Crippen LogP contribution in [0.2, 0.25) is 0 Å². The van der Waals surface area contributed by atoms with Crippen molar-refractivity contribution in [3.63, 3.8) is 0 Å². The molecule has 0 aromatic carbocycles. The van der Waals surface area contributed by atoms with Crippen molar-refractivity contribution >= 4 is 5.91 Å². The molecule has 94 valence electrons. The highest BCUT2D eigenvalue weighted by atomic mass is 16.2. The van der Waals surface area contributed by atoms with Crippen LogP contribution in [-0.2, 0) is 4.79 Å². The van der Waals surface area contributed by atoms with Crippen molar-refractivity contribution in [3.8, 4) is 0 Å². The van der Waals surface area contributed by atoms with E-state index in [1.54, 1.807) is 18.6 Å². The van der Waals surface area contributed by atoms with Crippen LogP contribution < -0.4 is 11.3 Å². The van der Waals surface area contributed by atoms with E-state index < -0.39 is 0 Å². The number of rotatable bonds is 1. The minimum absolute atomic E-state index is 0.0136. The minimum Gasteiger partial charge on any atom is -0.294 e. The topological polar surface area (TPSA) is 80.9 Å². The normalized spacial score (nSPS) is 15.6. The Labute approximate surface area is 102 Å². The first-order chi connectivity index (χ1) is 8.24. The summed E-state index contributed by atoms with van der Waals surface area (Å²) in [6, 6.07) is 0. The number of nitrogens with zero attached hydrogens (tertiary/aromatic N) is 2. The fourth-order valence-corrected chi connectivity index (χ4v) is 1.86. The molecule has 1 amide bonds. The molecule has 1 heterocycles. The van der Waals surface area contributed by atoms with Gasteiger partial charge < -0.3 is 0 Å². The maximum atomic E-state index is 10.9. The number of nitrogens with one attached hydrogen (secondary N) is 1. The summed E-state index contributed by atoms with van der Waals surface area (Å²) in [5.41, 5.74) is 3.16. The van der Waals surface area contributed by atoms with Gasteiger partial charge in [-0.15, -0.1) is 0 Å². The zero-order valence-corrected chi connectivity index (χ0v) is 10.2. The summed E-state index contributed by atoms with van der Waals surface area (Å²) in [6.07, 6.45) is 10.7. The second-order valence-electron chi connectivity index (χ2n) is 4.19. The standard InChI is InChI=1S/C7H14N2O.C5H6N2/c8-9-7(10)6-4-2-1-3-5-6;1-5-4-6-2-3-7-5/h6H,1-5,8H2,(H,9,10);2-4H,1H3. The Morgan fingerprint density at radius 1 is 1.35 bits per heavy atom. The van der Waals surface area contributed by atoms with E-state index in [1.807, 2.05) is 6.92 Å². The van der Waals surface area contributed by atoms with E-state index in [0.29, 0.717) is 0 Å². The summed E-state index contributed by atoms with van der Waals surface area (Å²) in [4.78, 5) is 18.7. The smallest absolute Gasteiger partial charge is 0.236 e. The molecular formula is C12H20N4O. The lowest BCUT2D eigenvalue weighted by Crippen LogP contribution is -2.36. The first kappa shape index (κ1) is 13.6. The lowest BCUT2D eigenvalue weighted by molar-refractivity contribution is -0.125. The van der Waals surface area contributed by atoms with Crippen LogP contribution >= 0.6 is 0 Å². The molecule has 17 heavy (non-hydrogen) atoms. The van der Waals surface area contributed by atoms with Crippen LogP contribution in [0.25, 0.3) is 0 Å². The van der Waals surface area contributed by atoms with Gasteiger partial charge in [0.1, 0.15) is 0 Å². The van der Waals surface area contributed by atoms with Gasteiger partial charge in [-0.2, -0.15) is 0 Å². The Balaban J connectivity index is 0.000000181. The van der Waals surface area contributed by atoms with Crippen molar-refractivity contribution in [1.29, 1.82) is 0 Å². The second kappa shape index (κ2) is 7.73. The molecule has 0 aliphatic heterocycles. The predicted molar refractivity (Wildman–Crippen MR) is 65.7 cm³/mol. The maximum Gasteiger partial charge on any atom is 0.236 e. The number of aromatic nitrogens is 2. The number of aryl methyl sites for hydroxylation is 1. The number of amides is 1. The van der Waals surface area contributed by atoms with E-state index in [1.165, 1.54) is 19.3 Å². The Morgan fingerprint density at radius 3 is 2.47 bits per heavy atom. The zero-order chi connectivity index (χ0) is 12.5. The van der Waals surface area contributed by atoms with Gasteiger partial charge in [0, 0.05) is 24.5 Å². The molecular weight excluding hydrogens is 216 g/mol. The van der Waals surface area contributed by atoms with Gasteiger partial charge >= 0.3 is 0 Å². The Hall–Kier alpha value is -1.49. The summed E-state index contributed by atoms with van der Waals surface area (Å²) >= 11 is 0. The monoisotopic (exact) mass is 236 g/mol. The summed E-state index contributed by atoms with van der Waals surface area (Å²) in [7, 11) is 0. The highest BCUT2D eigenvalue weighted by molar-refractivity contribution is 5.77. The molecule has 2 rings (SSSR count). The summed E-state index contributed by atoms with van der Waals surface area (Å²) < 4.78 is 0. The number of carbonyl (C=O) groups is 1. The fraction of sp³-hybridized carbons (Fsp3) is 0.583. The van der Waals surface area contributed by atoms with Crippen LogP contribution in [0.5, 0.6) is 0 Å². The number of nitrogens with two attached hydrogens (primary N) is 1. The number of hydrogen-bond donors (Lipinski definition) is 2. The summed E-state index contributed by atoms with van der Waals surface area (Å²) in [5, 5.41) is 0. The van der Waals surface area contributed by atoms with E-state index in [4.69, 9.17) is 5.84 Å². The van der Waals surface area contributed by atoms with Crippen LogP contribution in [0.15, 0.2) is 18.6 Å². The molecule has 1 fully saturated rings. The SMILES string of the molecule is Cc1cnccn1.NNC(=O)C1CCCCC1. The lowest BCUT2D eigenvalue weighted by atomic mass is 9.89. The molecule has 1 aliphatic rings. The number of carbonyl (C=O) groups excluding carboxylic acids is 1. The van der Waals surface area contributed by atoms with E-state index in [2.05, 4.69) is 15.4 Å². The number of hydrogen-bond acceptors (Lipinski definition) is 4. The van der Waals surface area contributed by atoms with Crippen molar-refractivity contribution in [3.05, 3.63) is 24.3 Å². The van der Waals surface area contributed by atoms with Gasteiger partial charge in [-0.1, -0.05) is 19.3 Å². The predicted octanol–water partition coefficient (Wildman–Crippen LogP) is 1.34. The highest BCUT2D eigenvalue weighted by Gasteiger charge is 2.19. The van der Waals surface area contributed by atoms with Gasteiger partial charge in [0.25, 0.3) is 0 Å². The van der Waals surface area contributed by atoms with E-state index in [0.717, 1.165) is 18.5 Å². The Kier molecular flexibility index (Phi) is 6.17. The van der Waals surface area contributed by atoms with Gasteiger partial charge in [0.05, 0.1) is 5.69 Å². The van der Waals surface area contributed by atoms with Crippen LogP contribution in [-0.4, -0.2) is 15.9 Å². The lowest BCUT2D eigenvalue weighted by Gasteiger charge is -2.19. The van der Waals surface area contributed by atoms with Gasteiger partial charge in [-0.3, -0.25) is 20.2 Å². The average molecular weight is 236 g/mol. The van der Waals surface area contributed by atoms with Gasteiger partial charge in [-0.25, -0.2) is 5.84 Å². The maximum absolute atomic E-state index is 10.9. The molecule has 1 aromatic heterocycles. The van der Waals surface area contributed by atoms with Crippen LogP contribution in [0.3, 0.4) is 0 Å². The third-order valence-electron chi connectivity index (χ3n) is 2.81. The molecule has 5 heteroatoms. The van der Waals surface area contributed by atoms with Crippen molar-refractivity contribution < 1.29 is 4.79 Å². The quantitative estimate of drug-likeness (QED) is 0.438.